The van der Waals surface area contributed by atoms with Crippen LogP contribution in [0, 0.1) is 18.8 Å². The van der Waals surface area contributed by atoms with Gasteiger partial charge in [0.25, 0.3) is 0 Å². The predicted molar refractivity (Wildman–Crippen MR) is 91.3 cm³/mol. The van der Waals surface area contributed by atoms with Gasteiger partial charge in [-0.3, -0.25) is 9.97 Å². The normalized spacial score (nSPS) is 13.1. The highest BCUT2D eigenvalue weighted by molar-refractivity contribution is 5.61. The monoisotopic (exact) mass is 352 g/mol. The van der Waals surface area contributed by atoms with Crippen molar-refractivity contribution in [2.24, 2.45) is 11.8 Å². The van der Waals surface area contributed by atoms with Crippen LogP contribution in [0.25, 0.3) is 11.3 Å². The van der Waals surface area contributed by atoms with Crippen LogP contribution in [0.3, 0.4) is 0 Å². The van der Waals surface area contributed by atoms with Crippen LogP contribution in [0.1, 0.15) is 38.4 Å². The molecule has 0 aliphatic rings. The van der Waals surface area contributed by atoms with Crippen LogP contribution < -0.4 is 4.74 Å². The van der Waals surface area contributed by atoms with E-state index in [9.17, 15) is 13.2 Å². The van der Waals surface area contributed by atoms with E-state index in [1.54, 1.807) is 25.3 Å². The zero-order valence-electron chi connectivity index (χ0n) is 14.9. The van der Waals surface area contributed by atoms with Crippen LogP contribution in [0.4, 0.5) is 13.2 Å². The molecule has 0 fully saturated rings. The maximum absolute atomic E-state index is 13.4. The van der Waals surface area contributed by atoms with Crippen LogP contribution in [0.5, 0.6) is 5.75 Å². The average Bonchev–Trinajstić information content (AvgIpc) is 2.51. The standard InChI is InChI=1S/C19H23F3N2O/c1-12(2)7-13(3)11-25-18-10-24-17(9-16(18)19(20,21)22)15-5-6-23-14(4)8-15/h5-6,8-10,12-13H,7,11H2,1-4H3/t13-/m1/s1. The lowest BCUT2D eigenvalue weighted by atomic mass is 10.00. The Morgan fingerprint density at radius 3 is 2.44 bits per heavy atom. The number of pyridine rings is 2. The van der Waals surface area contributed by atoms with Gasteiger partial charge < -0.3 is 4.74 Å². The van der Waals surface area contributed by atoms with Gasteiger partial charge in [0.15, 0.2) is 0 Å². The molecule has 0 unspecified atom stereocenters. The van der Waals surface area contributed by atoms with Gasteiger partial charge in [-0.1, -0.05) is 20.8 Å². The third-order valence-corrected chi connectivity index (χ3v) is 3.76. The molecule has 0 N–H and O–H groups in total. The molecule has 1 atom stereocenters. The molecule has 0 bridgehead atoms. The SMILES string of the molecule is Cc1cc(-c2cc(C(F)(F)F)c(OC[C@H](C)CC(C)C)cn2)ccn1. The molecule has 0 saturated heterocycles. The largest absolute Gasteiger partial charge is 0.491 e. The number of halogens is 3. The highest BCUT2D eigenvalue weighted by atomic mass is 19.4. The highest BCUT2D eigenvalue weighted by Gasteiger charge is 2.35. The van der Waals surface area contributed by atoms with E-state index in [0.29, 0.717) is 11.5 Å². The van der Waals surface area contributed by atoms with E-state index in [1.807, 2.05) is 6.92 Å². The van der Waals surface area contributed by atoms with Crippen LogP contribution >= 0.6 is 0 Å². The van der Waals surface area contributed by atoms with Crippen molar-refractivity contribution in [1.29, 1.82) is 0 Å². The lowest BCUT2D eigenvalue weighted by molar-refractivity contribution is -0.139. The number of aromatic nitrogens is 2. The molecule has 0 amide bonds. The van der Waals surface area contributed by atoms with E-state index in [-0.39, 0.29) is 24.0 Å². The zero-order valence-corrected chi connectivity index (χ0v) is 14.9. The van der Waals surface area contributed by atoms with E-state index in [0.717, 1.165) is 24.4 Å². The first-order valence-electron chi connectivity index (χ1n) is 8.30. The molecule has 2 heterocycles. The van der Waals surface area contributed by atoms with Crippen molar-refractivity contribution in [2.75, 3.05) is 6.61 Å². The number of hydrogen-bond donors (Lipinski definition) is 0. The molecule has 0 saturated carbocycles. The minimum absolute atomic E-state index is 0.170. The van der Waals surface area contributed by atoms with Crippen molar-refractivity contribution in [1.82, 2.24) is 9.97 Å². The maximum atomic E-state index is 13.4. The number of hydrogen-bond acceptors (Lipinski definition) is 3. The van der Waals surface area contributed by atoms with Gasteiger partial charge in [0.1, 0.15) is 11.3 Å². The Bertz CT molecular complexity index is 714. The van der Waals surface area contributed by atoms with Crippen LogP contribution in [-0.4, -0.2) is 16.6 Å². The molecule has 6 heteroatoms. The minimum Gasteiger partial charge on any atom is -0.491 e. The Hall–Kier alpha value is -2.11. The van der Waals surface area contributed by atoms with Crippen LogP contribution in [-0.2, 0) is 6.18 Å². The molecule has 0 aliphatic carbocycles. The first-order chi connectivity index (χ1) is 11.7. The van der Waals surface area contributed by atoms with Crippen molar-refractivity contribution in [2.45, 2.75) is 40.3 Å². The lowest BCUT2D eigenvalue weighted by Gasteiger charge is -2.18. The Morgan fingerprint density at radius 1 is 1.12 bits per heavy atom. The second kappa shape index (κ2) is 7.85. The van der Waals surface area contributed by atoms with Gasteiger partial charge in [-0.15, -0.1) is 0 Å². The van der Waals surface area contributed by atoms with Crippen molar-refractivity contribution in [3.8, 4) is 17.0 Å². The van der Waals surface area contributed by atoms with Gasteiger partial charge in [0.05, 0.1) is 18.5 Å². The van der Waals surface area contributed by atoms with Gasteiger partial charge in [0.2, 0.25) is 0 Å². The fraction of sp³-hybridized carbons (Fsp3) is 0.474. The second-order valence-corrected chi connectivity index (χ2v) is 6.80. The van der Waals surface area contributed by atoms with Crippen LogP contribution in [0.15, 0.2) is 30.6 Å². The Labute approximate surface area is 146 Å². The zero-order chi connectivity index (χ0) is 18.6. The predicted octanol–water partition coefficient (Wildman–Crippen LogP) is 5.53. The molecule has 2 rings (SSSR count). The van der Waals surface area contributed by atoms with Crippen molar-refractivity contribution < 1.29 is 17.9 Å². The van der Waals surface area contributed by atoms with Crippen molar-refractivity contribution in [3.05, 3.63) is 41.9 Å². The molecule has 136 valence electrons. The topological polar surface area (TPSA) is 35.0 Å². The number of ether oxygens (including phenoxy) is 1. The Kier molecular flexibility index (Phi) is 6.03. The summed E-state index contributed by atoms with van der Waals surface area (Å²) in [5, 5.41) is 0. The Balaban J connectivity index is 2.29. The highest BCUT2D eigenvalue weighted by Crippen LogP contribution is 2.38. The molecule has 2 aromatic heterocycles. The molecular formula is C19H23F3N2O. The maximum Gasteiger partial charge on any atom is 0.420 e. The molecular weight excluding hydrogens is 329 g/mol. The molecule has 0 radical (unpaired) electrons. The Morgan fingerprint density at radius 2 is 1.84 bits per heavy atom. The summed E-state index contributed by atoms with van der Waals surface area (Å²) in [6, 6.07) is 4.38. The summed E-state index contributed by atoms with van der Waals surface area (Å²) >= 11 is 0. The average molecular weight is 352 g/mol. The summed E-state index contributed by atoms with van der Waals surface area (Å²) < 4.78 is 45.8. The van der Waals surface area contributed by atoms with E-state index < -0.39 is 11.7 Å². The summed E-state index contributed by atoms with van der Waals surface area (Å²) in [5.41, 5.74) is 0.762. The van der Waals surface area contributed by atoms with E-state index in [4.69, 9.17) is 4.74 Å². The third-order valence-electron chi connectivity index (χ3n) is 3.76. The lowest BCUT2D eigenvalue weighted by Crippen LogP contribution is -2.15. The summed E-state index contributed by atoms with van der Waals surface area (Å²) in [5.74, 6) is 0.414. The second-order valence-electron chi connectivity index (χ2n) is 6.80. The first-order valence-corrected chi connectivity index (χ1v) is 8.30. The summed E-state index contributed by atoms with van der Waals surface area (Å²) in [6.45, 7) is 8.13. The van der Waals surface area contributed by atoms with E-state index in [2.05, 4.69) is 23.8 Å². The fourth-order valence-electron chi connectivity index (χ4n) is 2.75. The number of nitrogens with zero attached hydrogens (tertiary/aromatic N) is 2. The van der Waals surface area contributed by atoms with E-state index in [1.165, 1.54) is 0 Å². The van der Waals surface area contributed by atoms with Crippen LogP contribution in [0.2, 0.25) is 0 Å². The smallest absolute Gasteiger partial charge is 0.420 e. The quantitative estimate of drug-likeness (QED) is 0.685. The van der Waals surface area contributed by atoms with Gasteiger partial charge >= 0.3 is 6.18 Å². The van der Waals surface area contributed by atoms with Crippen molar-refractivity contribution in [3.63, 3.8) is 0 Å². The molecule has 2 aromatic rings. The third kappa shape index (κ3) is 5.44. The fourth-order valence-corrected chi connectivity index (χ4v) is 2.75. The molecule has 25 heavy (non-hydrogen) atoms. The first kappa shape index (κ1) is 19.2. The number of rotatable bonds is 6. The summed E-state index contributed by atoms with van der Waals surface area (Å²) in [7, 11) is 0. The van der Waals surface area contributed by atoms with Gasteiger partial charge in [-0.2, -0.15) is 13.2 Å². The number of aryl methyl sites for hydroxylation is 1. The van der Waals surface area contributed by atoms with Crippen molar-refractivity contribution >= 4 is 0 Å². The van der Waals surface area contributed by atoms with Gasteiger partial charge in [-0.05, 0) is 43.4 Å². The summed E-state index contributed by atoms with van der Waals surface area (Å²) in [6.07, 6.45) is -0.896. The molecule has 0 aliphatic heterocycles. The molecule has 3 nitrogen and oxygen atoms in total. The minimum atomic E-state index is -4.50. The van der Waals surface area contributed by atoms with Gasteiger partial charge in [-0.25, -0.2) is 0 Å². The summed E-state index contributed by atoms with van der Waals surface area (Å²) in [4.78, 5) is 8.20. The molecule has 0 spiro atoms. The van der Waals surface area contributed by atoms with Gasteiger partial charge in [0, 0.05) is 17.5 Å². The van der Waals surface area contributed by atoms with E-state index >= 15 is 0 Å². The molecule has 0 aromatic carbocycles. The number of alkyl halides is 3.